The Morgan fingerprint density at radius 1 is 1.17 bits per heavy atom. The molecular formula is C14H20BrNO2. The van der Waals surface area contributed by atoms with Crippen LogP contribution in [-0.2, 0) is 5.41 Å². The van der Waals surface area contributed by atoms with Gasteiger partial charge in [-0.25, -0.2) is 0 Å². The van der Waals surface area contributed by atoms with Crippen molar-refractivity contribution in [1.29, 1.82) is 0 Å². The topological polar surface area (TPSA) is 44.5 Å². The molecule has 1 fully saturated rings. The van der Waals surface area contributed by atoms with Gasteiger partial charge in [0.25, 0.3) is 0 Å². The second kappa shape index (κ2) is 5.49. The summed E-state index contributed by atoms with van der Waals surface area (Å²) in [5, 5.41) is 0. The minimum Gasteiger partial charge on any atom is -0.493 e. The van der Waals surface area contributed by atoms with Crippen LogP contribution in [0.5, 0.6) is 11.5 Å². The van der Waals surface area contributed by atoms with E-state index < -0.39 is 0 Å². The summed E-state index contributed by atoms with van der Waals surface area (Å²) < 4.78 is 11.9. The molecule has 4 heteroatoms. The Hall–Kier alpha value is -0.740. The predicted octanol–water partition coefficient (Wildman–Crippen LogP) is 3.24. The van der Waals surface area contributed by atoms with E-state index in [-0.39, 0.29) is 5.41 Å². The average molecular weight is 314 g/mol. The van der Waals surface area contributed by atoms with Crippen molar-refractivity contribution in [3.63, 3.8) is 0 Å². The van der Waals surface area contributed by atoms with Crippen LogP contribution in [0.1, 0.15) is 31.2 Å². The molecule has 100 valence electrons. The first kappa shape index (κ1) is 13.7. The molecule has 0 bridgehead atoms. The summed E-state index contributed by atoms with van der Waals surface area (Å²) in [6, 6.07) is 4.13. The van der Waals surface area contributed by atoms with Crippen LogP contribution < -0.4 is 15.2 Å². The molecule has 0 saturated heterocycles. The van der Waals surface area contributed by atoms with Crippen LogP contribution in [0, 0.1) is 0 Å². The second-order valence-corrected chi connectivity index (χ2v) is 5.71. The number of ether oxygens (including phenoxy) is 2. The quantitative estimate of drug-likeness (QED) is 0.928. The molecule has 0 aliphatic heterocycles. The summed E-state index contributed by atoms with van der Waals surface area (Å²) in [4.78, 5) is 0. The van der Waals surface area contributed by atoms with Crippen LogP contribution in [0.25, 0.3) is 0 Å². The van der Waals surface area contributed by atoms with Gasteiger partial charge in [0.05, 0.1) is 18.7 Å². The van der Waals surface area contributed by atoms with Crippen molar-refractivity contribution >= 4 is 15.9 Å². The lowest BCUT2D eigenvalue weighted by molar-refractivity contribution is 0.335. The van der Waals surface area contributed by atoms with E-state index in [9.17, 15) is 0 Å². The fourth-order valence-electron chi connectivity index (χ4n) is 2.98. The largest absolute Gasteiger partial charge is 0.493 e. The highest BCUT2D eigenvalue weighted by Crippen LogP contribution is 2.48. The number of nitrogens with two attached hydrogens (primary N) is 1. The van der Waals surface area contributed by atoms with Crippen LogP contribution in [0.2, 0.25) is 0 Å². The molecule has 1 aromatic carbocycles. The van der Waals surface area contributed by atoms with Gasteiger partial charge >= 0.3 is 0 Å². The highest BCUT2D eigenvalue weighted by atomic mass is 79.9. The molecule has 0 spiro atoms. The molecule has 3 nitrogen and oxygen atoms in total. The molecule has 18 heavy (non-hydrogen) atoms. The van der Waals surface area contributed by atoms with E-state index in [0.717, 1.165) is 28.8 Å². The van der Waals surface area contributed by atoms with Gasteiger partial charge in [0.2, 0.25) is 0 Å². The van der Waals surface area contributed by atoms with Crippen LogP contribution >= 0.6 is 15.9 Å². The summed E-state index contributed by atoms with van der Waals surface area (Å²) in [6.45, 7) is 0.661. The Bertz CT molecular complexity index is 428. The van der Waals surface area contributed by atoms with E-state index in [1.807, 2.05) is 6.07 Å². The molecule has 1 aromatic rings. The first-order valence-electron chi connectivity index (χ1n) is 6.29. The molecule has 2 N–H and O–H groups in total. The Balaban J connectivity index is 2.56. The SMILES string of the molecule is COc1c(Br)ccc(C2(CN)CCCC2)c1OC. The second-order valence-electron chi connectivity index (χ2n) is 4.85. The smallest absolute Gasteiger partial charge is 0.175 e. The Labute approximate surface area is 117 Å². The maximum atomic E-state index is 6.05. The number of hydrogen-bond donors (Lipinski definition) is 1. The van der Waals surface area contributed by atoms with Gasteiger partial charge < -0.3 is 15.2 Å². The lowest BCUT2D eigenvalue weighted by Gasteiger charge is -2.30. The maximum absolute atomic E-state index is 6.05. The van der Waals surface area contributed by atoms with Crippen LogP contribution in [0.15, 0.2) is 16.6 Å². The van der Waals surface area contributed by atoms with Crippen molar-refractivity contribution in [3.05, 3.63) is 22.2 Å². The zero-order valence-electron chi connectivity index (χ0n) is 11.0. The zero-order chi connectivity index (χ0) is 13.2. The molecular weight excluding hydrogens is 294 g/mol. The van der Waals surface area contributed by atoms with Gasteiger partial charge in [-0.3, -0.25) is 0 Å². The number of halogens is 1. The van der Waals surface area contributed by atoms with E-state index in [4.69, 9.17) is 15.2 Å². The Morgan fingerprint density at radius 2 is 1.78 bits per heavy atom. The first-order valence-corrected chi connectivity index (χ1v) is 7.09. The monoisotopic (exact) mass is 313 g/mol. The van der Waals surface area contributed by atoms with E-state index in [2.05, 4.69) is 22.0 Å². The normalized spacial score (nSPS) is 17.8. The molecule has 1 aliphatic carbocycles. The Kier molecular flexibility index (Phi) is 4.17. The predicted molar refractivity (Wildman–Crippen MR) is 76.4 cm³/mol. The fraction of sp³-hybridized carbons (Fsp3) is 0.571. The highest BCUT2D eigenvalue weighted by molar-refractivity contribution is 9.10. The maximum Gasteiger partial charge on any atom is 0.175 e. The number of benzene rings is 1. The lowest BCUT2D eigenvalue weighted by Crippen LogP contribution is -2.32. The molecule has 0 heterocycles. The van der Waals surface area contributed by atoms with Gasteiger partial charge in [0.15, 0.2) is 11.5 Å². The van der Waals surface area contributed by atoms with Gasteiger partial charge in [-0.15, -0.1) is 0 Å². The summed E-state index contributed by atoms with van der Waals surface area (Å²) in [7, 11) is 3.35. The molecule has 0 unspecified atom stereocenters. The van der Waals surface area contributed by atoms with Crippen molar-refractivity contribution in [2.24, 2.45) is 5.73 Å². The van der Waals surface area contributed by atoms with Crippen molar-refractivity contribution in [1.82, 2.24) is 0 Å². The van der Waals surface area contributed by atoms with Gasteiger partial charge in [-0.2, -0.15) is 0 Å². The third-order valence-electron chi connectivity index (χ3n) is 4.00. The van der Waals surface area contributed by atoms with Gasteiger partial charge in [0, 0.05) is 17.5 Å². The molecule has 0 atom stereocenters. The molecule has 1 saturated carbocycles. The number of rotatable bonds is 4. The van der Waals surface area contributed by atoms with E-state index in [1.165, 1.54) is 18.4 Å². The molecule has 0 aromatic heterocycles. The van der Waals surface area contributed by atoms with Gasteiger partial charge in [-0.05, 0) is 34.8 Å². The van der Waals surface area contributed by atoms with E-state index in [0.29, 0.717) is 6.54 Å². The summed E-state index contributed by atoms with van der Waals surface area (Å²) in [6.07, 6.45) is 4.73. The molecule has 2 rings (SSSR count). The number of hydrogen-bond acceptors (Lipinski definition) is 3. The standard InChI is InChI=1S/C14H20BrNO2/c1-17-12-10(5-6-11(15)13(12)18-2)14(9-16)7-3-4-8-14/h5-6H,3-4,7-9,16H2,1-2H3. The van der Waals surface area contributed by atoms with Gasteiger partial charge in [0.1, 0.15) is 0 Å². The zero-order valence-corrected chi connectivity index (χ0v) is 12.5. The minimum absolute atomic E-state index is 0.0549. The van der Waals surface area contributed by atoms with E-state index in [1.54, 1.807) is 14.2 Å². The molecule has 0 radical (unpaired) electrons. The molecule has 0 amide bonds. The fourth-order valence-corrected chi connectivity index (χ4v) is 3.46. The van der Waals surface area contributed by atoms with Crippen molar-refractivity contribution < 1.29 is 9.47 Å². The van der Waals surface area contributed by atoms with Gasteiger partial charge in [-0.1, -0.05) is 18.9 Å². The van der Waals surface area contributed by atoms with E-state index >= 15 is 0 Å². The Morgan fingerprint density at radius 3 is 2.28 bits per heavy atom. The van der Waals surface area contributed by atoms with Crippen molar-refractivity contribution in [2.45, 2.75) is 31.1 Å². The van der Waals surface area contributed by atoms with Crippen LogP contribution in [0.3, 0.4) is 0 Å². The summed E-state index contributed by atoms with van der Waals surface area (Å²) in [5.74, 6) is 1.58. The minimum atomic E-state index is 0.0549. The summed E-state index contributed by atoms with van der Waals surface area (Å²) >= 11 is 3.49. The van der Waals surface area contributed by atoms with Crippen molar-refractivity contribution in [2.75, 3.05) is 20.8 Å². The van der Waals surface area contributed by atoms with Crippen LogP contribution in [0.4, 0.5) is 0 Å². The third kappa shape index (κ3) is 2.12. The van der Waals surface area contributed by atoms with Crippen LogP contribution in [-0.4, -0.2) is 20.8 Å². The highest BCUT2D eigenvalue weighted by Gasteiger charge is 2.37. The third-order valence-corrected chi connectivity index (χ3v) is 4.62. The summed E-state index contributed by atoms with van der Waals surface area (Å²) in [5.41, 5.74) is 7.29. The first-order chi connectivity index (χ1) is 8.68. The lowest BCUT2D eigenvalue weighted by atomic mass is 9.78. The number of methoxy groups -OCH3 is 2. The molecule has 1 aliphatic rings. The average Bonchev–Trinajstić information content (AvgIpc) is 2.88. The van der Waals surface area contributed by atoms with Crippen molar-refractivity contribution in [3.8, 4) is 11.5 Å².